The van der Waals surface area contributed by atoms with Gasteiger partial charge in [-0.3, -0.25) is 4.79 Å². The number of unbranched alkanes of at least 4 members (excludes halogenated alkanes) is 10. The Labute approximate surface area is 138 Å². The van der Waals surface area contributed by atoms with Gasteiger partial charge < -0.3 is 5.11 Å². The van der Waals surface area contributed by atoms with Gasteiger partial charge in [0.15, 0.2) is 0 Å². The molecule has 0 saturated carbocycles. The third-order valence-corrected chi connectivity index (χ3v) is 2.99. The number of carbonyl (C=O) groups is 1. The van der Waals surface area contributed by atoms with Gasteiger partial charge in [-0.2, -0.15) is 0 Å². The second-order valence-electron chi connectivity index (χ2n) is 5.06. The molecule has 0 saturated heterocycles. The molecule has 0 atom stereocenters. The molecule has 7 heteroatoms. The monoisotopic (exact) mass is 382 g/mol. The molecule has 0 spiro atoms. The molecule has 0 aliphatic carbocycles. The van der Waals surface area contributed by atoms with E-state index in [9.17, 15) is 12.4 Å². The number of hydrogen-bond donors (Lipinski definition) is 1. The van der Waals surface area contributed by atoms with Crippen LogP contribution >= 0.6 is 20.1 Å². The van der Waals surface area contributed by atoms with Crippen LogP contribution in [0.15, 0.2) is 0 Å². The van der Waals surface area contributed by atoms with Crippen LogP contribution in [0.4, 0.5) is 0 Å². The fourth-order valence-corrected chi connectivity index (χ4v) is 1.94. The molecule has 128 valence electrons. The normalized spacial score (nSPS) is 10.8. The van der Waals surface area contributed by atoms with E-state index in [1.54, 1.807) is 0 Å². The van der Waals surface area contributed by atoms with E-state index >= 15 is 0 Å². The average Bonchev–Trinajstić information content (AvgIpc) is 2.33. The van der Waals surface area contributed by atoms with Crippen LogP contribution in [0.25, 0.3) is 0 Å². The number of rotatable bonds is 12. The second-order valence-corrected chi connectivity index (χ2v) is 10.2. The molecular weight excluding hydrogens is 355 g/mol. The Bertz CT molecular complexity index is 324. The van der Waals surface area contributed by atoms with Gasteiger partial charge in [0.25, 0.3) is 0 Å². The van der Waals surface area contributed by atoms with Gasteiger partial charge in [-0.05, 0) is 6.42 Å². The van der Waals surface area contributed by atoms with Crippen LogP contribution in [0.5, 0.6) is 0 Å². The Morgan fingerprint density at radius 2 is 1.10 bits per heavy atom. The number of carboxylic acid groups (broad SMARTS) is 1. The first-order valence-corrected chi connectivity index (χ1v) is 12.2. The first-order valence-electron chi connectivity index (χ1n) is 7.63. The van der Waals surface area contributed by atoms with Crippen molar-refractivity contribution in [2.45, 2.75) is 84.0 Å². The predicted octanol–water partition coefficient (Wildman–Crippen LogP) is 5.91. The van der Waals surface area contributed by atoms with Gasteiger partial charge in [0.1, 0.15) is 0 Å². The fraction of sp³-hybridized carbons (Fsp3) is 0.929. The Morgan fingerprint density at radius 3 is 1.38 bits per heavy atom. The molecule has 0 radical (unpaired) electrons. The molecule has 0 rings (SSSR count). The van der Waals surface area contributed by atoms with Crippen LogP contribution in [0.2, 0.25) is 0 Å². The zero-order valence-corrected chi connectivity index (χ0v) is 15.6. The van der Waals surface area contributed by atoms with Gasteiger partial charge in [-0.25, -0.2) is 0 Å². The third kappa shape index (κ3) is 38.4. The van der Waals surface area contributed by atoms with E-state index in [1.807, 2.05) is 0 Å². The van der Waals surface area contributed by atoms with E-state index < -0.39 is 17.1 Å². The van der Waals surface area contributed by atoms with Crippen molar-refractivity contribution in [2.75, 3.05) is 0 Å². The molecule has 0 heterocycles. The SMILES string of the molecule is CCCCCCCCCCCCCC(=O)O.[O]=[Cr](=[O])([Cl])[Cl]. The van der Waals surface area contributed by atoms with Crippen LogP contribution in [-0.2, 0) is 23.5 Å². The molecule has 0 bridgehead atoms. The van der Waals surface area contributed by atoms with E-state index in [4.69, 9.17) is 5.11 Å². The van der Waals surface area contributed by atoms with Gasteiger partial charge in [-0.15, -0.1) is 0 Å². The zero-order valence-electron chi connectivity index (χ0n) is 12.8. The summed E-state index contributed by atoms with van der Waals surface area (Å²) in [5.74, 6) is -0.657. The summed E-state index contributed by atoms with van der Waals surface area (Å²) < 4.78 is 18.5. The van der Waals surface area contributed by atoms with Gasteiger partial charge >= 0.3 is 44.8 Å². The van der Waals surface area contributed by atoms with E-state index in [0.717, 1.165) is 12.8 Å². The van der Waals surface area contributed by atoms with Crippen molar-refractivity contribution in [1.82, 2.24) is 0 Å². The minimum absolute atomic E-state index is 0.344. The molecule has 0 fully saturated rings. The maximum atomic E-state index is 10.3. The summed E-state index contributed by atoms with van der Waals surface area (Å²) in [5.41, 5.74) is 0. The topological polar surface area (TPSA) is 71.4 Å². The molecule has 0 amide bonds. The van der Waals surface area contributed by atoms with Crippen molar-refractivity contribution in [2.24, 2.45) is 0 Å². The summed E-state index contributed by atoms with van der Waals surface area (Å²) in [4.78, 5) is 10.3. The molecular formula is C14H28Cl2CrO4. The van der Waals surface area contributed by atoms with Crippen LogP contribution in [0.1, 0.15) is 84.0 Å². The number of halogens is 2. The van der Waals surface area contributed by atoms with Crippen molar-refractivity contribution < 1.29 is 28.6 Å². The summed E-state index contributed by atoms with van der Waals surface area (Å²) in [6.07, 6.45) is 14.4. The molecule has 0 aromatic heterocycles. The Morgan fingerprint density at radius 1 is 0.810 bits per heavy atom. The van der Waals surface area contributed by atoms with Crippen molar-refractivity contribution in [1.29, 1.82) is 0 Å². The van der Waals surface area contributed by atoms with Crippen LogP contribution < -0.4 is 0 Å². The summed E-state index contributed by atoms with van der Waals surface area (Å²) >= 11 is -4.31. The molecule has 0 unspecified atom stereocenters. The Kier molecular flexibility index (Phi) is 18.5. The molecule has 0 aliphatic rings. The van der Waals surface area contributed by atoms with Gasteiger partial charge in [0, 0.05) is 6.42 Å². The third-order valence-electron chi connectivity index (χ3n) is 2.99. The van der Waals surface area contributed by atoms with Gasteiger partial charge in [0.2, 0.25) is 0 Å². The standard InChI is InChI=1S/C14H28O2.2ClH.Cr.2O/c1-2-3-4-5-6-7-8-9-10-11-12-13-14(15)16;;;;;/h2-13H2,1H3,(H,15,16);2*1H;;;/q;;;+2;;/p-2. The summed E-state index contributed by atoms with van der Waals surface area (Å²) in [5, 5.41) is 8.46. The van der Waals surface area contributed by atoms with Crippen LogP contribution in [0, 0.1) is 0 Å². The molecule has 21 heavy (non-hydrogen) atoms. The van der Waals surface area contributed by atoms with Crippen LogP contribution in [0.3, 0.4) is 0 Å². The van der Waals surface area contributed by atoms with Crippen molar-refractivity contribution in [3.8, 4) is 0 Å². The predicted molar refractivity (Wildman–Crippen MR) is 81.8 cm³/mol. The molecule has 4 nitrogen and oxygen atoms in total. The molecule has 0 aliphatic heterocycles. The minimum atomic E-state index is -4.31. The Balaban J connectivity index is 0. The number of hydrogen-bond acceptors (Lipinski definition) is 3. The van der Waals surface area contributed by atoms with E-state index in [-0.39, 0.29) is 0 Å². The Hall–Kier alpha value is 0.182. The van der Waals surface area contributed by atoms with Gasteiger partial charge in [0.05, 0.1) is 0 Å². The van der Waals surface area contributed by atoms with E-state index in [1.165, 1.54) is 57.8 Å². The van der Waals surface area contributed by atoms with Gasteiger partial charge in [-0.1, -0.05) is 71.1 Å². The first-order chi connectivity index (χ1) is 9.77. The van der Waals surface area contributed by atoms with Crippen molar-refractivity contribution in [3.05, 3.63) is 0 Å². The number of carboxylic acids is 1. The zero-order chi connectivity index (χ0) is 16.6. The summed E-state index contributed by atoms with van der Waals surface area (Å²) in [6, 6.07) is 0. The first kappa shape index (κ1) is 23.4. The molecule has 1 N–H and O–H groups in total. The molecule has 0 aromatic rings. The van der Waals surface area contributed by atoms with Crippen molar-refractivity contribution >= 4 is 26.1 Å². The second kappa shape index (κ2) is 16.6. The van der Waals surface area contributed by atoms with Crippen molar-refractivity contribution in [3.63, 3.8) is 0 Å². The van der Waals surface area contributed by atoms with E-state index in [2.05, 4.69) is 27.0 Å². The van der Waals surface area contributed by atoms with E-state index in [0.29, 0.717) is 6.42 Å². The quantitative estimate of drug-likeness (QED) is 0.425. The van der Waals surface area contributed by atoms with Crippen LogP contribution in [-0.4, -0.2) is 11.1 Å². The molecule has 0 aromatic carbocycles. The summed E-state index contributed by atoms with van der Waals surface area (Å²) in [7, 11) is 8.68. The summed E-state index contributed by atoms with van der Waals surface area (Å²) in [6.45, 7) is 2.25. The maximum absolute atomic E-state index is 10.3. The fourth-order valence-electron chi connectivity index (χ4n) is 1.94. The average molecular weight is 383 g/mol. The number of aliphatic carboxylic acids is 1.